The van der Waals surface area contributed by atoms with Crippen LogP contribution in [0.2, 0.25) is 0 Å². The van der Waals surface area contributed by atoms with Crippen LogP contribution in [0.4, 0.5) is 0 Å². The van der Waals surface area contributed by atoms with E-state index in [1.54, 1.807) is 35.6 Å². The fraction of sp³-hybridized carbons (Fsp3) is 0.389. The van der Waals surface area contributed by atoms with Crippen LogP contribution in [-0.2, 0) is 11.2 Å². The number of halogens is 1. The van der Waals surface area contributed by atoms with Crippen LogP contribution in [0.1, 0.15) is 34.9 Å². The molecule has 0 spiro atoms. The highest BCUT2D eigenvalue weighted by molar-refractivity contribution is 9.10. The number of hydrogen-bond donors (Lipinski definition) is 2. The number of thiazole rings is 1. The molecule has 1 heterocycles. The molecule has 0 aliphatic rings. The third-order valence-electron chi connectivity index (χ3n) is 3.69. The second-order valence-corrected chi connectivity index (χ2v) is 8.08. The van der Waals surface area contributed by atoms with Crippen LogP contribution in [0.3, 0.4) is 0 Å². The number of carbonyl (C=O) groups excluding carboxylic acids is 2. The Morgan fingerprint density at radius 1 is 1.24 bits per heavy atom. The Balaban J connectivity index is 1.91. The van der Waals surface area contributed by atoms with Gasteiger partial charge in [0.1, 0.15) is 6.04 Å². The van der Waals surface area contributed by atoms with Crippen LogP contribution >= 0.6 is 27.3 Å². The van der Waals surface area contributed by atoms with Crippen LogP contribution in [0.5, 0.6) is 0 Å². The van der Waals surface area contributed by atoms with E-state index in [-0.39, 0.29) is 17.7 Å². The first-order chi connectivity index (χ1) is 11.9. The Kier molecular flexibility index (Phi) is 7.13. The molecule has 0 unspecified atom stereocenters. The number of carbonyl (C=O) groups is 2. The Bertz CT molecular complexity index is 728. The molecule has 0 saturated carbocycles. The van der Waals surface area contributed by atoms with Crippen LogP contribution < -0.4 is 10.6 Å². The van der Waals surface area contributed by atoms with Gasteiger partial charge in [-0.1, -0.05) is 29.8 Å². The van der Waals surface area contributed by atoms with Crippen molar-refractivity contribution in [3.8, 4) is 0 Å². The topological polar surface area (TPSA) is 71.1 Å². The number of benzene rings is 1. The maximum atomic E-state index is 12.4. The molecule has 2 rings (SSSR count). The van der Waals surface area contributed by atoms with Gasteiger partial charge >= 0.3 is 0 Å². The van der Waals surface area contributed by atoms with Crippen molar-refractivity contribution in [2.75, 3.05) is 6.54 Å². The van der Waals surface area contributed by atoms with Gasteiger partial charge in [-0.15, -0.1) is 11.3 Å². The number of aryl methyl sites for hydroxylation is 1. The van der Waals surface area contributed by atoms with E-state index in [0.717, 1.165) is 15.2 Å². The van der Waals surface area contributed by atoms with E-state index in [1.165, 1.54) is 0 Å². The van der Waals surface area contributed by atoms with Crippen LogP contribution in [-0.4, -0.2) is 29.4 Å². The summed E-state index contributed by atoms with van der Waals surface area (Å²) in [5.41, 5.74) is 1.50. The zero-order valence-corrected chi connectivity index (χ0v) is 16.9. The molecule has 0 fully saturated rings. The SMILES string of the molecule is Cc1nc(CCNC(=O)[C@@H](NC(=O)c2ccc(Br)cc2)C(C)C)cs1. The van der Waals surface area contributed by atoms with E-state index in [4.69, 9.17) is 0 Å². The van der Waals surface area contributed by atoms with Crippen LogP contribution in [0.15, 0.2) is 34.1 Å². The zero-order valence-electron chi connectivity index (χ0n) is 14.5. The lowest BCUT2D eigenvalue weighted by Crippen LogP contribution is -2.50. The molecule has 2 N–H and O–H groups in total. The van der Waals surface area contributed by atoms with Crippen LogP contribution in [0.25, 0.3) is 0 Å². The summed E-state index contributed by atoms with van der Waals surface area (Å²) < 4.78 is 0.902. The molecule has 2 aromatic rings. The molecule has 0 saturated heterocycles. The molecule has 0 radical (unpaired) electrons. The smallest absolute Gasteiger partial charge is 0.251 e. The summed E-state index contributed by atoms with van der Waals surface area (Å²) in [4.78, 5) is 29.2. The van der Waals surface area contributed by atoms with Crippen molar-refractivity contribution in [2.24, 2.45) is 5.92 Å². The summed E-state index contributed by atoms with van der Waals surface area (Å²) in [6.07, 6.45) is 0.682. The molecule has 25 heavy (non-hydrogen) atoms. The van der Waals surface area contributed by atoms with Crippen molar-refractivity contribution in [3.63, 3.8) is 0 Å². The largest absolute Gasteiger partial charge is 0.354 e. The summed E-state index contributed by atoms with van der Waals surface area (Å²) in [6.45, 7) is 6.28. The standard InChI is InChI=1S/C18H22BrN3O2S/c1-11(2)16(22-17(23)13-4-6-14(19)7-5-13)18(24)20-9-8-15-10-25-12(3)21-15/h4-7,10-11,16H,8-9H2,1-3H3,(H,20,24)(H,22,23)/t16-/m0/s1. The molecular weight excluding hydrogens is 402 g/mol. The Labute approximate surface area is 160 Å². The van der Waals surface area contributed by atoms with Gasteiger partial charge < -0.3 is 10.6 Å². The van der Waals surface area contributed by atoms with Gasteiger partial charge in [0.05, 0.1) is 10.7 Å². The molecule has 2 amide bonds. The number of hydrogen-bond acceptors (Lipinski definition) is 4. The average Bonchev–Trinajstić information content (AvgIpc) is 2.98. The van der Waals surface area contributed by atoms with Crippen molar-refractivity contribution < 1.29 is 9.59 Å². The Hall–Kier alpha value is -1.73. The van der Waals surface area contributed by atoms with Gasteiger partial charge in [-0.25, -0.2) is 4.98 Å². The lowest BCUT2D eigenvalue weighted by atomic mass is 10.0. The lowest BCUT2D eigenvalue weighted by molar-refractivity contribution is -0.123. The molecule has 0 aliphatic heterocycles. The highest BCUT2D eigenvalue weighted by Crippen LogP contribution is 2.12. The van der Waals surface area contributed by atoms with Gasteiger partial charge in [0.15, 0.2) is 0 Å². The fourth-order valence-corrected chi connectivity index (χ4v) is 3.22. The van der Waals surface area contributed by atoms with E-state index < -0.39 is 6.04 Å². The van der Waals surface area contributed by atoms with Crippen molar-refractivity contribution in [3.05, 3.63) is 50.4 Å². The van der Waals surface area contributed by atoms with Crippen molar-refractivity contribution >= 4 is 39.1 Å². The minimum Gasteiger partial charge on any atom is -0.354 e. The third kappa shape index (κ3) is 5.93. The van der Waals surface area contributed by atoms with E-state index >= 15 is 0 Å². The summed E-state index contributed by atoms with van der Waals surface area (Å²) in [5, 5.41) is 8.73. The minimum absolute atomic E-state index is 0.0130. The normalized spacial score (nSPS) is 12.0. The molecule has 1 atom stereocenters. The predicted molar refractivity (Wildman–Crippen MR) is 104 cm³/mol. The molecule has 0 aliphatic carbocycles. The Morgan fingerprint density at radius 2 is 1.92 bits per heavy atom. The van der Waals surface area contributed by atoms with E-state index in [1.807, 2.05) is 26.2 Å². The van der Waals surface area contributed by atoms with Gasteiger partial charge in [0.2, 0.25) is 5.91 Å². The summed E-state index contributed by atoms with van der Waals surface area (Å²) >= 11 is 4.94. The first kappa shape index (κ1) is 19.6. The van der Waals surface area contributed by atoms with Crippen molar-refractivity contribution in [2.45, 2.75) is 33.2 Å². The molecule has 1 aromatic heterocycles. The number of nitrogens with one attached hydrogen (secondary N) is 2. The summed E-state index contributed by atoms with van der Waals surface area (Å²) in [6, 6.07) is 6.47. The average molecular weight is 424 g/mol. The molecule has 1 aromatic carbocycles. The highest BCUT2D eigenvalue weighted by atomic mass is 79.9. The van der Waals surface area contributed by atoms with Gasteiger partial charge in [-0.3, -0.25) is 9.59 Å². The first-order valence-electron chi connectivity index (χ1n) is 8.12. The van der Waals surface area contributed by atoms with Gasteiger partial charge in [0, 0.05) is 28.4 Å². The van der Waals surface area contributed by atoms with E-state index in [9.17, 15) is 9.59 Å². The van der Waals surface area contributed by atoms with Gasteiger partial charge in [-0.05, 0) is 37.1 Å². The Morgan fingerprint density at radius 3 is 2.48 bits per heavy atom. The second kappa shape index (κ2) is 9.10. The molecular formula is C18H22BrN3O2S. The minimum atomic E-state index is -0.576. The number of nitrogens with zero attached hydrogens (tertiary/aromatic N) is 1. The summed E-state index contributed by atoms with van der Waals surface area (Å²) in [5.74, 6) is -0.440. The maximum absolute atomic E-state index is 12.4. The number of aromatic nitrogens is 1. The highest BCUT2D eigenvalue weighted by Gasteiger charge is 2.24. The van der Waals surface area contributed by atoms with E-state index in [2.05, 4.69) is 31.5 Å². The quantitative estimate of drug-likeness (QED) is 0.717. The van der Waals surface area contributed by atoms with Crippen molar-refractivity contribution in [1.29, 1.82) is 0 Å². The number of rotatable bonds is 7. The number of amides is 2. The molecule has 134 valence electrons. The predicted octanol–water partition coefficient (Wildman–Crippen LogP) is 3.33. The van der Waals surface area contributed by atoms with E-state index in [0.29, 0.717) is 18.5 Å². The second-order valence-electron chi connectivity index (χ2n) is 6.10. The van der Waals surface area contributed by atoms with Crippen molar-refractivity contribution in [1.82, 2.24) is 15.6 Å². The van der Waals surface area contributed by atoms with Gasteiger partial charge in [0.25, 0.3) is 5.91 Å². The molecule has 0 bridgehead atoms. The lowest BCUT2D eigenvalue weighted by Gasteiger charge is -2.21. The first-order valence-corrected chi connectivity index (χ1v) is 9.79. The maximum Gasteiger partial charge on any atom is 0.251 e. The van der Waals surface area contributed by atoms with Gasteiger partial charge in [-0.2, -0.15) is 0 Å². The monoisotopic (exact) mass is 423 g/mol. The van der Waals surface area contributed by atoms with Crippen LogP contribution in [0, 0.1) is 12.8 Å². The molecule has 7 heteroatoms. The third-order valence-corrected chi connectivity index (χ3v) is 5.04. The summed E-state index contributed by atoms with van der Waals surface area (Å²) in [7, 11) is 0. The zero-order chi connectivity index (χ0) is 18.4. The molecule has 5 nitrogen and oxygen atoms in total. The fourth-order valence-electron chi connectivity index (χ4n) is 2.31.